The molecule has 0 aromatic rings. The van der Waals surface area contributed by atoms with Gasteiger partial charge in [0.1, 0.15) is 13.2 Å². The third kappa shape index (κ3) is 64.2. The number of hydrogen-bond acceptors (Lipinski definition) is 6. The van der Waals surface area contributed by atoms with Gasteiger partial charge >= 0.3 is 17.9 Å². The second-order valence-electron chi connectivity index (χ2n) is 23.4. The molecule has 0 N–H and O–H groups in total. The first-order valence-electron chi connectivity index (χ1n) is 34.6. The molecule has 0 aliphatic heterocycles. The van der Waals surface area contributed by atoms with Crippen LogP contribution >= 0.6 is 0 Å². The Morgan fingerprint density at radius 2 is 0.500 bits per heavy atom. The zero-order valence-corrected chi connectivity index (χ0v) is 52.5. The highest BCUT2D eigenvalue weighted by Crippen LogP contribution is 2.18. The molecule has 1 atom stereocenters. The lowest BCUT2D eigenvalue weighted by Crippen LogP contribution is -2.30. The van der Waals surface area contributed by atoms with Gasteiger partial charge in [0, 0.05) is 19.3 Å². The Morgan fingerprint density at radius 1 is 0.269 bits per heavy atom. The van der Waals surface area contributed by atoms with Gasteiger partial charge in [-0.3, -0.25) is 14.4 Å². The Bertz CT molecular complexity index is 1350. The molecular weight excluding hydrogens is 961 g/mol. The third-order valence-corrected chi connectivity index (χ3v) is 15.6. The van der Waals surface area contributed by atoms with E-state index in [2.05, 4.69) is 69.4 Å². The van der Waals surface area contributed by atoms with E-state index >= 15 is 0 Å². The van der Waals surface area contributed by atoms with Gasteiger partial charge in [-0.2, -0.15) is 0 Å². The lowest BCUT2D eigenvalue weighted by Gasteiger charge is -2.18. The molecule has 0 radical (unpaired) electrons. The molecule has 6 nitrogen and oxygen atoms in total. The van der Waals surface area contributed by atoms with Gasteiger partial charge in [0.15, 0.2) is 6.10 Å². The number of unbranched alkanes of at least 4 members (excludes halogenated alkanes) is 45. The molecule has 0 spiro atoms. The summed E-state index contributed by atoms with van der Waals surface area (Å²) in [6, 6.07) is 0. The molecule has 0 aliphatic carbocycles. The van der Waals surface area contributed by atoms with Crippen LogP contribution in [0.3, 0.4) is 0 Å². The van der Waals surface area contributed by atoms with E-state index in [0.29, 0.717) is 19.3 Å². The van der Waals surface area contributed by atoms with E-state index in [1.807, 2.05) is 0 Å². The van der Waals surface area contributed by atoms with Crippen LogP contribution in [0.1, 0.15) is 374 Å². The second-order valence-corrected chi connectivity index (χ2v) is 23.4. The van der Waals surface area contributed by atoms with E-state index in [1.54, 1.807) is 0 Å². The molecule has 0 heterocycles. The summed E-state index contributed by atoms with van der Waals surface area (Å²) in [5.74, 6) is -0.836. The van der Waals surface area contributed by atoms with Crippen LogP contribution in [-0.4, -0.2) is 37.2 Å². The van der Waals surface area contributed by atoms with Crippen LogP contribution in [0.5, 0.6) is 0 Å². The third-order valence-electron chi connectivity index (χ3n) is 15.6. The van der Waals surface area contributed by atoms with Crippen LogP contribution in [-0.2, 0) is 28.6 Å². The van der Waals surface area contributed by atoms with Crippen LogP contribution in [0.4, 0.5) is 0 Å². The molecule has 0 aromatic heterocycles. The maximum absolute atomic E-state index is 12.9. The highest BCUT2D eigenvalue weighted by Gasteiger charge is 2.19. The minimum atomic E-state index is -0.766. The molecule has 1 unspecified atom stereocenters. The van der Waals surface area contributed by atoms with Gasteiger partial charge in [-0.1, -0.05) is 345 Å². The van der Waals surface area contributed by atoms with Gasteiger partial charge in [-0.25, -0.2) is 0 Å². The smallest absolute Gasteiger partial charge is 0.306 e. The number of allylic oxidation sites excluding steroid dienone is 8. The number of esters is 3. The van der Waals surface area contributed by atoms with E-state index in [1.165, 1.54) is 250 Å². The largest absolute Gasteiger partial charge is 0.462 e. The van der Waals surface area contributed by atoms with Gasteiger partial charge in [0.05, 0.1) is 0 Å². The minimum Gasteiger partial charge on any atom is -0.462 e. The fourth-order valence-corrected chi connectivity index (χ4v) is 10.4. The van der Waals surface area contributed by atoms with Crippen molar-refractivity contribution < 1.29 is 28.6 Å². The molecule has 456 valence electrons. The number of carbonyl (C=O) groups is 3. The summed E-state index contributed by atoms with van der Waals surface area (Å²) in [6.07, 6.45) is 84.3. The van der Waals surface area contributed by atoms with Gasteiger partial charge in [0.2, 0.25) is 0 Å². The van der Waals surface area contributed by atoms with Gasteiger partial charge in [-0.05, 0) is 57.8 Å². The van der Waals surface area contributed by atoms with Gasteiger partial charge in [0.25, 0.3) is 0 Å². The molecule has 0 bridgehead atoms. The van der Waals surface area contributed by atoms with Gasteiger partial charge < -0.3 is 14.2 Å². The quantitative estimate of drug-likeness (QED) is 0.0261. The molecule has 0 saturated heterocycles. The van der Waals surface area contributed by atoms with Crippen molar-refractivity contribution in [2.24, 2.45) is 0 Å². The number of carbonyl (C=O) groups excluding carboxylic acids is 3. The van der Waals surface area contributed by atoms with Crippen molar-refractivity contribution in [3.63, 3.8) is 0 Å². The highest BCUT2D eigenvalue weighted by molar-refractivity contribution is 5.71. The second kappa shape index (κ2) is 66.9. The van der Waals surface area contributed by atoms with E-state index in [0.717, 1.165) is 83.5 Å². The topological polar surface area (TPSA) is 78.9 Å². The summed E-state index contributed by atoms with van der Waals surface area (Å²) in [6.45, 7) is 6.59. The maximum Gasteiger partial charge on any atom is 0.306 e. The SMILES string of the molecule is CC/C=C\C/C=C\C/C=C\C/C=C\CCCCCCCCCCCCCCCCCCCCCCC(=O)OCC(COC(=O)CCCCCCCCCCCCCC)OC(=O)CCCCCCCCCCCCCCCCC. The summed E-state index contributed by atoms with van der Waals surface area (Å²) in [5, 5.41) is 0. The fraction of sp³-hybridized carbons (Fsp3) is 0.847. The predicted molar refractivity (Wildman–Crippen MR) is 339 cm³/mol. The zero-order chi connectivity index (χ0) is 56.4. The average Bonchev–Trinajstić information content (AvgIpc) is 3.44. The van der Waals surface area contributed by atoms with E-state index in [-0.39, 0.29) is 31.1 Å². The average molecular weight is 1090 g/mol. The summed E-state index contributed by atoms with van der Waals surface area (Å²) in [5.41, 5.74) is 0. The molecular formula is C72H132O6. The Morgan fingerprint density at radius 3 is 0.782 bits per heavy atom. The van der Waals surface area contributed by atoms with Crippen molar-refractivity contribution in [3.05, 3.63) is 48.6 Å². The first kappa shape index (κ1) is 75.4. The van der Waals surface area contributed by atoms with Crippen molar-refractivity contribution in [2.75, 3.05) is 13.2 Å². The van der Waals surface area contributed by atoms with Crippen LogP contribution < -0.4 is 0 Å². The van der Waals surface area contributed by atoms with Crippen LogP contribution in [0.15, 0.2) is 48.6 Å². The highest BCUT2D eigenvalue weighted by atomic mass is 16.6. The van der Waals surface area contributed by atoms with Crippen LogP contribution in [0, 0.1) is 0 Å². The number of ether oxygens (including phenoxy) is 3. The van der Waals surface area contributed by atoms with Crippen molar-refractivity contribution in [1.82, 2.24) is 0 Å². The number of hydrogen-bond donors (Lipinski definition) is 0. The molecule has 78 heavy (non-hydrogen) atoms. The maximum atomic E-state index is 12.9. The normalized spacial score (nSPS) is 12.3. The molecule has 0 amide bonds. The van der Waals surface area contributed by atoms with Crippen LogP contribution in [0.2, 0.25) is 0 Å². The first-order chi connectivity index (χ1) is 38.5. The van der Waals surface area contributed by atoms with Crippen LogP contribution in [0.25, 0.3) is 0 Å². The number of rotatable bonds is 64. The Labute approximate surface area is 486 Å². The molecule has 0 rings (SSSR count). The van der Waals surface area contributed by atoms with E-state index in [4.69, 9.17) is 14.2 Å². The van der Waals surface area contributed by atoms with Gasteiger partial charge in [-0.15, -0.1) is 0 Å². The summed E-state index contributed by atoms with van der Waals surface area (Å²) in [4.78, 5) is 38.3. The molecule has 0 fully saturated rings. The first-order valence-corrected chi connectivity index (χ1v) is 34.6. The Hall–Kier alpha value is -2.63. The molecule has 0 saturated carbocycles. The summed E-state index contributed by atoms with van der Waals surface area (Å²) < 4.78 is 17.0. The van der Waals surface area contributed by atoms with E-state index < -0.39 is 6.10 Å². The molecule has 6 heteroatoms. The zero-order valence-electron chi connectivity index (χ0n) is 52.5. The monoisotopic (exact) mass is 1090 g/mol. The standard InChI is InChI=1S/C72H132O6/c1-4-7-10-13-16-19-22-25-27-28-29-30-31-32-33-34-35-36-37-38-39-40-41-42-43-44-46-47-50-53-56-59-62-65-71(74)77-68-69(67-76-70(73)64-61-58-55-52-49-24-21-18-15-12-9-6-3)78-72(75)66-63-60-57-54-51-48-45-26-23-20-17-14-11-8-5-2/h7,10,16,19,25,27,29-30,69H,4-6,8-9,11-15,17-18,20-24,26,28,31-68H2,1-3H3/b10-7-,19-16-,27-25-,30-29-. The molecule has 0 aliphatic rings. The Kier molecular flexibility index (Phi) is 64.6. The lowest BCUT2D eigenvalue weighted by atomic mass is 10.0. The predicted octanol–water partition coefficient (Wildman–Crippen LogP) is 23.7. The van der Waals surface area contributed by atoms with Crippen molar-refractivity contribution in [3.8, 4) is 0 Å². The minimum absolute atomic E-state index is 0.0647. The van der Waals surface area contributed by atoms with Crippen molar-refractivity contribution in [1.29, 1.82) is 0 Å². The molecule has 0 aromatic carbocycles. The van der Waals surface area contributed by atoms with Crippen molar-refractivity contribution in [2.45, 2.75) is 380 Å². The summed E-state index contributed by atoms with van der Waals surface area (Å²) >= 11 is 0. The van der Waals surface area contributed by atoms with E-state index in [9.17, 15) is 14.4 Å². The fourth-order valence-electron chi connectivity index (χ4n) is 10.4. The lowest BCUT2D eigenvalue weighted by molar-refractivity contribution is -0.167. The Balaban J connectivity index is 4.07. The summed E-state index contributed by atoms with van der Waals surface area (Å²) in [7, 11) is 0. The van der Waals surface area contributed by atoms with Crippen molar-refractivity contribution >= 4 is 17.9 Å².